The topological polar surface area (TPSA) is 92.8 Å². The van der Waals surface area contributed by atoms with Gasteiger partial charge in [0, 0.05) is 51.5 Å². The summed E-state index contributed by atoms with van der Waals surface area (Å²) >= 11 is 0. The second-order valence-electron chi connectivity index (χ2n) is 10.5. The molecule has 0 saturated carbocycles. The first kappa shape index (κ1) is 26.1. The van der Waals surface area contributed by atoms with Crippen molar-refractivity contribution in [3.8, 4) is 16.9 Å². The number of nitrogens with two attached hydrogens (primary N) is 1. The molecule has 10 heteroatoms. The first-order valence-corrected chi connectivity index (χ1v) is 13.7. The molecule has 208 valence electrons. The minimum Gasteiger partial charge on any atom is -0.497 e. The predicted octanol–water partition coefficient (Wildman–Crippen LogP) is 4.09. The van der Waals surface area contributed by atoms with Gasteiger partial charge in [0.15, 0.2) is 11.5 Å². The van der Waals surface area contributed by atoms with Crippen molar-refractivity contribution < 1.29 is 13.9 Å². The van der Waals surface area contributed by atoms with E-state index in [1.165, 1.54) is 6.07 Å². The van der Waals surface area contributed by atoms with E-state index in [0.29, 0.717) is 18.7 Å². The van der Waals surface area contributed by atoms with Gasteiger partial charge in [-0.25, -0.2) is 18.9 Å². The van der Waals surface area contributed by atoms with Crippen LogP contribution >= 0.6 is 0 Å². The molecule has 2 fully saturated rings. The minimum absolute atomic E-state index is 0.0887. The van der Waals surface area contributed by atoms with Crippen LogP contribution in [0.3, 0.4) is 0 Å². The predicted molar refractivity (Wildman–Crippen MR) is 153 cm³/mol. The quantitative estimate of drug-likeness (QED) is 0.378. The van der Waals surface area contributed by atoms with Crippen LogP contribution in [-0.2, 0) is 13.1 Å². The van der Waals surface area contributed by atoms with Crippen LogP contribution in [0.15, 0.2) is 54.7 Å². The van der Waals surface area contributed by atoms with Crippen LogP contribution in [-0.4, -0.2) is 77.0 Å². The number of aromatic nitrogens is 3. The zero-order chi connectivity index (χ0) is 27.8. The lowest BCUT2D eigenvalue weighted by Crippen LogP contribution is -2.52. The smallest absolute Gasteiger partial charge is 0.320 e. The standard InChI is InChI=1S/C30H34FN7O2/c1-35-13-3-14-37(30(35)39)23-11-15-36(19-23)29-27-25(21-6-7-22(17-32)26(31)16-21)10-12-33-28(27)38(34-29)18-20-4-8-24(40-2)9-5-20/h4-10,12,16,23H,3,11,13-15,17-19,32H2,1-2H3. The Kier molecular flexibility index (Phi) is 7.02. The van der Waals surface area contributed by atoms with Crippen molar-refractivity contribution in [1.29, 1.82) is 0 Å². The SMILES string of the molecule is COc1ccc(Cn2nc(N3CCC(N4CCCN(C)C4=O)C3)c3c(-c4ccc(CN)c(F)c4)ccnc32)cc1. The van der Waals surface area contributed by atoms with Gasteiger partial charge in [-0.2, -0.15) is 5.10 Å². The number of anilines is 1. The molecule has 0 spiro atoms. The molecule has 1 unspecified atom stereocenters. The summed E-state index contributed by atoms with van der Waals surface area (Å²) in [6, 6.07) is 15.2. The molecule has 1 atom stereocenters. The summed E-state index contributed by atoms with van der Waals surface area (Å²) in [6.45, 7) is 3.67. The average Bonchev–Trinajstić information content (AvgIpc) is 3.60. The van der Waals surface area contributed by atoms with E-state index in [1.54, 1.807) is 24.3 Å². The third-order valence-electron chi connectivity index (χ3n) is 8.06. The van der Waals surface area contributed by atoms with Crippen molar-refractivity contribution in [2.75, 3.05) is 45.2 Å². The number of pyridine rings is 1. The average molecular weight is 544 g/mol. The molecule has 9 nitrogen and oxygen atoms in total. The van der Waals surface area contributed by atoms with Crippen molar-refractivity contribution in [3.05, 3.63) is 71.7 Å². The fourth-order valence-electron chi connectivity index (χ4n) is 5.85. The summed E-state index contributed by atoms with van der Waals surface area (Å²) in [4.78, 5) is 23.7. The third-order valence-corrected chi connectivity index (χ3v) is 8.06. The fraction of sp³-hybridized carbons (Fsp3) is 0.367. The van der Waals surface area contributed by atoms with Crippen LogP contribution in [0, 0.1) is 5.82 Å². The number of nitrogens with zero attached hydrogens (tertiary/aromatic N) is 6. The Morgan fingerprint density at radius 2 is 1.93 bits per heavy atom. The summed E-state index contributed by atoms with van der Waals surface area (Å²) in [5, 5.41) is 5.96. The molecule has 2 aromatic carbocycles. The van der Waals surface area contributed by atoms with Gasteiger partial charge < -0.3 is 25.2 Å². The van der Waals surface area contributed by atoms with Crippen molar-refractivity contribution in [1.82, 2.24) is 24.6 Å². The highest BCUT2D eigenvalue weighted by Crippen LogP contribution is 2.37. The van der Waals surface area contributed by atoms with E-state index in [-0.39, 0.29) is 24.4 Å². The van der Waals surface area contributed by atoms with Crippen LogP contribution in [0.25, 0.3) is 22.2 Å². The molecular formula is C30H34FN7O2. The van der Waals surface area contributed by atoms with Crippen molar-refractivity contribution in [2.24, 2.45) is 5.73 Å². The summed E-state index contributed by atoms with van der Waals surface area (Å²) in [5.41, 5.74) is 9.58. The van der Waals surface area contributed by atoms with Gasteiger partial charge in [-0.15, -0.1) is 0 Å². The summed E-state index contributed by atoms with van der Waals surface area (Å²) in [7, 11) is 3.51. The van der Waals surface area contributed by atoms with Crippen LogP contribution in [0.1, 0.15) is 24.0 Å². The number of ether oxygens (including phenoxy) is 1. The van der Waals surface area contributed by atoms with Gasteiger partial charge in [-0.3, -0.25) is 0 Å². The zero-order valence-electron chi connectivity index (χ0n) is 22.9. The number of fused-ring (bicyclic) bond motifs is 1. The van der Waals surface area contributed by atoms with E-state index in [2.05, 4.69) is 4.90 Å². The van der Waals surface area contributed by atoms with E-state index < -0.39 is 0 Å². The highest BCUT2D eigenvalue weighted by molar-refractivity contribution is 6.01. The van der Waals surface area contributed by atoms with Gasteiger partial charge in [0.1, 0.15) is 11.6 Å². The van der Waals surface area contributed by atoms with Crippen LogP contribution in [0.4, 0.5) is 15.0 Å². The summed E-state index contributed by atoms with van der Waals surface area (Å²) in [5.74, 6) is 1.26. The Morgan fingerprint density at radius 3 is 2.67 bits per heavy atom. The van der Waals surface area contributed by atoms with E-state index in [1.807, 2.05) is 53.0 Å². The lowest BCUT2D eigenvalue weighted by molar-refractivity contribution is 0.123. The Bertz CT molecular complexity index is 1540. The number of hydrogen-bond acceptors (Lipinski definition) is 6. The van der Waals surface area contributed by atoms with Crippen molar-refractivity contribution in [2.45, 2.75) is 32.0 Å². The molecule has 2 amide bonds. The van der Waals surface area contributed by atoms with Crippen LogP contribution in [0.2, 0.25) is 0 Å². The number of halogens is 1. The van der Waals surface area contributed by atoms with Gasteiger partial charge in [0.25, 0.3) is 0 Å². The maximum Gasteiger partial charge on any atom is 0.320 e. The van der Waals surface area contributed by atoms with Gasteiger partial charge in [-0.1, -0.05) is 24.3 Å². The van der Waals surface area contributed by atoms with Gasteiger partial charge >= 0.3 is 6.03 Å². The van der Waals surface area contributed by atoms with E-state index in [9.17, 15) is 9.18 Å². The molecule has 4 heterocycles. The third kappa shape index (κ3) is 4.72. The molecule has 0 radical (unpaired) electrons. The molecular weight excluding hydrogens is 509 g/mol. The first-order chi connectivity index (χ1) is 19.5. The Morgan fingerprint density at radius 1 is 1.10 bits per heavy atom. The molecule has 2 aromatic heterocycles. The van der Waals surface area contributed by atoms with Gasteiger partial charge in [0.2, 0.25) is 0 Å². The maximum atomic E-state index is 14.8. The number of methoxy groups -OCH3 is 1. The number of hydrogen-bond donors (Lipinski definition) is 1. The number of amides is 2. The molecule has 4 aromatic rings. The number of benzene rings is 2. The molecule has 2 saturated heterocycles. The lowest BCUT2D eigenvalue weighted by atomic mass is 10.0. The van der Waals surface area contributed by atoms with Crippen LogP contribution in [0.5, 0.6) is 5.75 Å². The fourth-order valence-corrected chi connectivity index (χ4v) is 5.85. The normalized spacial score (nSPS) is 17.8. The lowest BCUT2D eigenvalue weighted by Gasteiger charge is -2.37. The van der Waals surface area contributed by atoms with Crippen molar-refractivity contribution >= 4 is 22.9 Å². The van der Waals surface area contributed by atoms with E-state index in [0.717, 1.165) is 71.8 Å². The number of carbonyl (C=O) groups is 1. The van der Waals surface area contributed by atoms with Crippen molar-refractivity contribution in [3.63, 3.8) is 0 Å². The highest BCUT2D eigenvalue weighted by Gasteiger charge is 2.36. The van der Waals surface area contributed by atoms with E-state index >= 15 is 0 Å². The number of rotatable bonds is 7. The largest absolute Gasteiger partial charge is 0.497 e. The Balaban J connectivity index is 1.41. The molecule has 0 aliphatic carbocycles. The Hall–Kier alpha value is -4.18. The molecule has 0 bridgehead atoms. The molecule has 2 N–H and O–H groups in total. The summed E-state index contributed by atoms with van der Waals surface area (Å²) in [6.07, 6.45) is 3.58. The molecule has 2 aliphatic heterocycles. The number of urea groups is 1. The Labute approximate surface area is 232 Å². The molecule has 2 aliphatic rings. The van der Waals surface area contributed by atoms with Crippen LogP contribution < -0.4 is 15.4 Å². The van der Waals surface area contributed by atoms with Gasteiger partial charge in [-0.05, 0) is 53.8 Å². The second kappa shape index (κ2) is 10.8. The number of carbonyl (C=O) groups excluding carboxylic acids is 1. The first-order valence-electron chi connectivity index (χ1n) is 13.7. The van der Waals surface area contributed by atoms with E-state index in [4.69, 9.17) is 20.6 Å². The zero-order valence-corrected chi connectivity index (χ0v) is 22.9. The minimum atomic E-state index is -0.328. The maximum absolute atomic E-state index is 14.8. The second-order valence-corrected chi connectivity index (χ2v) is 10.5. The highest BCUT2D eigenvalue weighted by atomic mass is 19.1. The molecule has 40 heavy (non-hydrogen) atoms. The van der Waals surface area contributed by atoms with Gasteiger partial charge in [0.05, 0.1) is 25.1 Å². The molecule has 6 rings (SSSR count). The summed E-state index contributed by atoms with van der Waals surface area (Å²) < 4.78 is 22.1. The monoisotopic (exact) mass is 543 g/mol.